The van der Waals surface area contributed by atoms with E-state index in [0.29, 0.717) is 18.9 Å². The van der Waals surface area contributed by atoms with Crippen LogP contribution in [0.25, 0.3) is 0 Å². The molecule has 1 aromatic heterocycles. The Morgan fingerprint density at radius 2 is 2.38 bits per heavy atom. The highest BCUT2D eigenvalue weighted by molar-refractivity contribution is 5.83. The second-order valence-electron chi connectivity index (χ2n) is 4.84. The van der Waals surface area contributed by atoms with Crippen molar-refractivity contribution in [3.63, 3.8) is 0 Å². The zero-order valence-electron chi connectivity index (χ0n) is 9.52. The van der Waals surface area contributed by atoms with Crippen molar-refractivity contribution in [3.8, 4) is 0 Å². The molecule has 0 bridgehead atoms. The molecule has 1 aliphatic carbocycles. The van der Waals surface area contributed by atoms with Crippen molar-refractivity contribution >= 4 is 5.91 Å². The van der Waals surface area contributed by atoms with Gasteiger partial charge < -0.3 is 11.5 Å². The molecule has 0 aromatic carbocycles. The van der Waals surface area contributed by atoms with E-state index < -0.39 is 11.4 Å². The van der Waals surface area contributed by atoms with Gasteiger partial charge in [0.05, 0.1) is 11.7 Å². The Labute approximate surface area is 94.8 Å². The van der Waals surface area contributed by atoms with E-state index in [0.717, 1.165) is 0 Å². The van der Waals surface area contributed by atoms with E-state index in [1.807, 2.05) is 17.1 Å². The lowest BCUT2D eigenvalue weighted by atomic mass is 9.99. The van der Waals surface area contributed by atoms with Gasteiger partial charge in [-0.3, -0.25) is 9.48 Å². The summed E-state index contributed by atoms with van der Waals surface area (Å²) in [6.45, 7) is 2.28. The molecule has 1 aliphatic rings. The lowest BCUT2D eigenvalue weighted by Gasteiger charge is -2.19. The number of nitrogens with zero attached hydrogens (tertiary/aromatic N) is 2. The molecular formula is C11H18N4O. The van der Waals surface area contributed by atoms with Crippen molar-refractivity contribution in [1.82, 2.24) is 9.78 Å². The molecule has 16 heavy (non-hydrogen) atoms. The average Bonchev–Trinajstić information content (AvgIpc) is 2.95. The Bertz CT molecular complexity index is 392. The van der Waals surface area contributed by atoms with Crippen LogP contribution in [0.1, 0.15) is 37.7 Å². The highest BCUT2D eigenvalue weighted by Gasteiger charge is 2.27. The van der Waals surface area contributed by atoms with E-state index in [2.05, 4.69) is 5.10 Å². The van der Waals surface area contributed by atoms with E-state index in [9.17, 15) is 4.79 Å². The monoisotopic (exact) mass is 222 g/mol. The van der Waals surface area contributed by atoms with Gasteiger partial charge in [-0.05, 0) is 37.7 Å². The molecular weight excluding hydrogens is 204 g/mol. The van der Waals surface area contributed by atoms with Crippen LogP contribution >= 0.6 is 0 Å². The normalized spacial score (nSPS) is 19.4. The van der Waals surface area contributed by atoms with Gasteiger partial charge in [0.15, 0.2) is 0 Å². The molecule has 0 spiro atoms. The molecule has 1 aromatic rings. The van der Waals surface area contributed by atoms with E-state index in [4.69, 9.17) is 11.5 Å². The van der Waals surface area contributed by atoms with Gasteiger partial charge in [-0.25, -0.2) is 0 Å². The minimum absolute atomic E-state index is 0.470. The second kappa shape index (κ2) is 3.90. The molecule has 5 heteroatoms. The molecule has 0 radical (unpaired) electrons. The minimum Gasteiger partial charge on any atom is -0.368 e. The number of rotatable bonds is 5. The molecule has 0 aliphatic heterocycles. The van der Waals surface area contributed by atoms with Crippen molar-refractivity contribution in [2.45, 2.75) is 44.2 Å². The van der Waals surface area contributed by atoms with Gasteiger partial charge in [0.1, 0.15) is 0 Å². The first-order valence-corrected chi connectivity index (χ1v) is 5.60. The van der Waals surface area contributed by atoms with E-state index >= 15 is 0 Å². The lowest BCUT2D eigenvalue weighted by Crippen LogP contribution is -2.49. The third-order valence-corrected chi connectivity index (χ3v) is 3.13. The molecule has 1 amide bonds. The van der Waals surface area contributed by atoms with Crippen LogP contribution in [0.2, 0.25) is 0 Å². The van der Waals surface area contributed by atoms with Gasteiger partial charge in [-0.2, -0.15) is 5.10 Å². The number of nitrogens with two attached hydrogens (primary N) is 2. The Morgan fingerprint density at radius 3 is 2.94 bits per heavy atom. The quantitative estimate of drug-likeness (QED) is 0.753. The molecule has 5 nitrogen and oxygen atoms in total. The SMILES string of the molecule is CC(N)(CCn1cc(C2CC2)cn1)C(N)=O. The van der Waals surface area contributed by atoms with Crippen LogP contribution in [-0.4, -0.2) is 21.2 Å². The van der Waals surface area contributed by atoms with E-state index in [1.165, 1.54) is 18.4 Å². The summed E-state index contributed by atoms with van der Waals surface area (Å²) in [7, 11) is 0. The van der Waals surface area contributed by atoms with Gasteiger partial charge in [-0.1, -0.05) is 0 Å². The molecule has 1 atom stereocenters. The summed E-state index contributed by atoms with van der Waals surface area (Å²) in [5.74, 6) is 0.233. The van der Waals surface area contributed by atoms with E-state index in [1.54, 1.807) is 6.92 Å². The molecule has 88 valence electrons. The maximum absolute atomic E-state index is 11.0. The first-order chi connectivity index (χ1) is 7.49. The van der Waals surface area contributed by atoms with Crippen molar-refractivity contribution < 1.29 is 4.79 Å². The molecule has 1 heterocycles. The van der Waals surface area contributed by atoms with Crippen molar-refractivity contribution in [3.05, 3.63) is 18.0 Å². The molecule has 1 unspecified atom stereocenters. The summed E-state index contributed by atoms with van der Waals surface area (Å²) in [4.78, 5) is 11.0. The van der Waals surface area contributed by atoms with Crippen LogP contribution in [0.15, 0.2) is 12.4 Å². The standard InChI is InChI=1S/C11H18N4O/c1-11(13,10(12)16)4-5-15-7-9(6-14-15)8-2-3-8/h6-8H,2-5,13H2,1H3,(H2,12,16). The maximum Gasteiger partial charge on any atom is 0.237 e. The fraction of sp³-hybridized carbons (Fsp3) is 0.636. The highest BCUT2D eigenvalue weighted by Crippen LogP contribution is 2.39. The highest BCUT2D eigenvalue weighted by atomic mass is 16.1. The Balaban J connectivity index is 1.91. The summed E-state index contributed by atoms with van der Waals surface area (Å²) >= 11 is 0. The number of aryl methyl sites for hydroxylation is 1. The number of aromatic nitrogens is 2. The number of carbonyl (C=O) groups is 1. The van der Waals surface area contributed by atoms with Gasteiger partial charge >= 0.3 is 0 Å². The Kier molecular flexibility index (Phi) is 2.71. The Hall–Kier alpha value is -1.36. The smallest absolute Gasteiger partial charge is 0.237 e. The molecule has 0 saturated heterocycles. The number of amides is 1. The van der Waals surface area contributed by atoms with Crippen molar-refractivity contribution in [2.24, 2.45) is 11.5 Å². The summed E-state index contributed by atoms with van der Waals surface area (Å²) in [5.41, 5.74) is 11.3. The third kappa shape index (κ3) is 2.41. The predicted octanol–water partition coefficient (Wildman–Crippen LogP) is 0.353. The second-order valence-corrected chi connectivity index (χ2v) is 4.84. The third-order valence-electron chi connectivity index (χ3n) is 3.13. The number of primary amides is 1. The average molecular weight is 222 g/mol. The molecule has 2 rings (SSSR count). The van der Waals surface area contributed by atoms with Crippen molar-refractivity contribution in [1.29, 1.82) is 0 Å². The summed E-state index contributed by atoms with van der Waals surface area (Å²) in [6.07, 6.45) is 6.97. The fourth-order valence-electron chi connectivity index (χ4n) is 1.60. The first-order valence-electron chi connectivity index (χ1n) is 5.60. The lowest BCUT2D eigenvalue weighted by molar-refractivity contribution is -0.122. The van der Waals surface area contributed by atoms with Crippen LogP contribution < -0.4 is 11.5 Å². The van der Waals surface area contributed by atoms with Gasteiger partial charge in [0.2, 0.25) is 5.91 Å². The number of hydrogen-bond donors (Lipinski definition) is 2. The van der Waals surface area contributed by atoms with Gasteiger partial charge in [-0.15, -0.1) is 0 Å². The Morgan fingerprint density at radius 1 is 1.69 bits per heavy atom. The zero-order chi connectivity index (χ0) is 11.8. The molecule has 4 N–H and O–H groups in total. The first kappa shape index (κ1) is 11.1. The minimum atomic E-state index is -0.953. The fourth-order valence-corrected chi connectivity index (χ4v) is 1.60. The number of carbonyl (C=O) groups excluding carboxylic acids is 1. The zero-order valence-corrected chi connectivity index (χ0v) is 9.52. The maximum atomic E-state index is 11.0. The summed E-state index contributed by atoms with van der Waals surface area (Å²) in [5, 5.41) is 4.25. The van der Waals surface area contributed by atoms with Crippen LogP contribution in [0, 0.1) is 0 Å². The van der Waals surface area contributed by atoms with Crippen LogP contribution in [0.4, 0.5) is 0 Å². The largest absolute Gasteiger partial charge is 0.368 e. The topological polar surface area (TPSA) is 86.9 Å². The van der Waals surface area contributed by atoms with Gasteiger partial charge in [0, 0.05) is 12.7 Å². The van der Waals surface area contributed by atoms with Crippen LogP contribution in [-0.2, 0) is 11.3 Å². The van der Waals surface area contributed by atoms with Crippen LogP contribution in [0.5, 0.6) is 0 Å². The summed E-state index contributed by atoms with van der Waals surface area (Å²) < 4.78 is 1.84. The summed E-state index contributed by atoms with van der Waals surface area (Å²) in [6, 6.07) is 0. The predicted molar refractivity (Wildman–Crippen MR) is 60.6 cm³/mol. The number of hydrogen-bond acceptors (Lipinski definition) is 3. The van der Waals surface area contributed by atoms with E-state index in [-0.39, 0.29) is 0 Å². The molecule has 1 saturated carbocycles. The van der Waals surface area contributed by atoms with Gasteiger partial charge in [0.25, 0.3) is 0 Å². The van der Waals surface area contributed by atoms with Crippen molar-refractivity contribution in [2.75, 3.05) is 0 Å². The van der Waals surface area contributed by atoms with Crippen LogP contribution in [0.3, 0.4) is 0 Å². The molecule has 1 fully saturated rings.